The summed E-state index contributed by atoms with van der Waals surface area (Å²) in [5.74, 6) is -0.188. The fourth-order valence-corrected chi connectivity index (χ4v) is 1.70. The number of carbonyl (C=O) groups excluding carboxylic acids is 1. The smallest absolute Gasteiger partial charge is 0.243 e. The second-order valence-electron chi connectivity index (χ2n) is 3.99. The van der Waals surface area contributed by atoms with E-state index in [1.807, 2.05) is 30.3 Å². The van der Waals surface area contributed by atoms with Gasteiger partial charge >= 0.3 is 0 Å². The minimum atomic E-state index is -0.662. The van der Waals surface area contributed by atoms with Crippen molar-refractivity contribution in [2.45, 2.75) is 12.5 Å². The summed E-state index contributed by atoms with van der Waals surface area (Å²) in [7, 11) is 0. The van der Waals surface area contributed by atoms with Crippen LogP contribution in [0.2, 0.25) is 5.15 Å². The van der Waals surface area contributed by atoms with Gasteiger partial charge in [-0.2, -0.15) is 0 Å². The van der Waals surface area contributed by atoms with Crippen LogP contribution in [0.5, 0.6) is 0 Å². The molecule has 0 bridgehead atoms. The molecule has 0 fully saturated rings. The Morgan fingerprint density at radius 2 is 2.05 bits per heavy atom. The van der Waals surface area contributed by atoms with E-state index in [9.17, 15) is 4.79 Å². The summed E-state index contributed by atoms with van der Waals surface area (Å²) < 4.78 is 0. The quantitative estimate of drug-likeness (QED) is 0.832. The van der Waals surface area contributed by atoms with Crippen molar-refractivity contribution in [3.05, 3.63) is 53.3 Å². The minimum absolute atomic E-state index is 0.154. The van der Waals surface area contributed by atoms with Gasteiger partial charge in [-0.05, 0) is 18.1 Å². The third-order valence-electron chi connectivity index (χ3n) is 2.49. The van der Waals surface area contributed by atoms with Gasteiger partial charge in [0.25, 0.3) is 0 Å². The summed E-state index contributed by atoms with van der Waals surface area (Å²) in [4.78, 5) is 19.6. The number of aromatic nitrogens is 2. The molecule has 0 saturated heterocycles. The number of nitrogens with zero attached hydrogens (tertiary/aromatic N) is 2. The molecule has 98 valence electrons. The van der Waals surface area contributed by atoms with Crippen LogP contribution in [0.3, 0.4) is 0 Å². The summed E-state index contributed by atoms with van der Waals surface area (Å²) in [6.07, 6.45) is 1.92. The summed E-state index contributed by atoms with van der Waals surface area (Å²) in [5, 5.41) is 2.80. The Bertz CT molecular complexity index is 562. The van der Waals surface area contributed by atoms with E-state index < -0.39 is 6.04 Å². The molecule has 0 spiro atoms. The van der Waals surface area contributed by atoms with E-state index in [1.165, 1.54) is 12.3 Å². The van der Waals surface area contributed by atoms with Gasteiger partial charge in [0.1, 0.15) is 5.15 Å². The molecule has 1 amide bonds. The lowest BCUT2D eigenvalue weighted by Crippen LogP contribution is -2.37. The van der Waals surface area contributed by atoms with Crippen LogP contribution in [0, 0.1) is 0 Å². The van der Waals surface area contributed by atoms with Gasteiger partial charge < -0.3 is 5.73 Å². The van der Waals surface area contributed by atoms with Gasteiger partial charge in [-0.1, -0.05) is 41.9 Å². The van der Waals surface area contributed by atoms with Gasteiger partial charge in [-0.3, -0.25) is 10.1 Å². The van der Waals surface area contributed by atoms with E-state index in [1.54, 1.807) is 0 Å². The Morgan fingerprint density at radius 1 is 1.32 bits per heavy atom. The van der Waals surface area contributed by atoms with Crippen molar-refractivity contribution in [3.63, 3.8) is 0 Å². The van der Waals surface area contributed by atoms with Gasteiger partial charge in [-0.25, -0.2) is 9.97 Å². The zero-order valence-electron chi connectivity index (χ0n) is 10.1. The molecule has 0 radical (unpaired) electrons. The fraction of sp³-hybridized carbons (Fsp3) is 0.154. The topological polar surface area (TPSA) is 80.9 Å². The van der Waals surface area contributed by atoms with Crippen molar-refractivity contribution < 1.29 is 4.79 Å². The number of hydrogen-bond donors (Lipinski definition) is 2. The van der Waals surface area contributed by atoms with Gasteiger partial charge in [0.15, 0.2) is 0 Å². The second-order valence-corrected chi connectivity index (χ2v) is 4.38. The highest BCUT2D eigenvalue weighted by atomic mass is 35.5. The molecule has 0 saturated carbocycles. The molecule has 0 aliphatic rings. The molecule has 1 heterocycles. The number of carbonyl (C=O) groups is 1. The maximum absolute atomic E-state index is 11.9. The molecule has 19 heavy (non-hydrogen) atoms. The third-order valence-corrected chi connectivity index (χ3v) is 2.70. The summed E-state index contributed by atoms with van der Waals surface area (Å²) >= 11 is 5.70. The number of hydrogen-bond acceptors (Lipinski definition) is 4. The Labute approximate surface area is 115 Å². The molecule has 0 aliphatic carbocycles. The summed E-state index contributed by atoms with van der Waals surface area (Å²) in [6.45, 7) is 0. The van der Waals surface area contributed by atoms with Crippen LogP contribution in [-0.4, -0.2) is 21.9 Å². The molecule has 1 aromatic heterocycles. The lowest BCUT2D eigenvalue weighted by Gasteiger charge is -2.11. The molecule has 6 heteroatoms. The molecule has 2 aromatic rings. The monoisotopic (exact) mass is 276 g/mol. The van der Waals surface area contributed by atoms with E-state index >= 15 is 0 Å². The van der Waals surface area contributed by atoms with Crippen LogP contribution in [0.15, 0.2) is 42.6 Å². The van der Waals surface area contributed by atoms with E-state index in [-0.39, 0.29) is 17.0 Å². The normalized spacial score (nSPS) is 11.9. The maximum Gasteiger partial charge on any atom is 0.243 e. The number of anilines is 1. The second kappa shape index (κ2) is 6.26. The predicted octanol–water partition coefficient (Wildman–Crippen LogP) is 1.64. The van der Waals surface area contributed by atoms with E-state index in [0.717, 1.165) is 5.56 Å². The lowest BCUT2D eigenvalue weighted by molar-refractivity contribution is -0.117. The molecule has 1 atom stereocenters. The van der Waals surface area contributed by atoms with Crippen LogP contribution < -0.4 is 11.1 Å². The highest BCUT2D eigenvalue weighted by Crippen LogP contribution is 2.07. The van der Waals surface area contributed by atoms with Crippen molar-refractivity contribution in [2.24, 2.45) is 5.73 Å². The highest BCUT2D eigenvalue weighted by molar-refractivity contribution is 6.29. The van der Waals surface area contributed by atoms with Gasteiger partial charge in [0.2, 0.25) is 11.9 Å². The number of halogens is 1. The highest BCUT2D eigenvalue weighted by Gasteiger charge is 2.15. The van der Waals surface area contributed by atoms with Gasteiger partial charge in [0.05, 0.1) is 6.04 Å². The van der Waals surface area contributed by atoms with E-state index in [4.69, 9.17) is 17.3 Å². The first kappa shape index (κ1) is 13.5. The molecule has 0 aliphatic heterocycles. The SMILES string of the molecule is N[C@H](Cc1ccccc1)C(=O)Nc1nccc(Cl)n1. The Balaban J connectivity index is 1.96. The van der Waals surface area contributed by atoms with Crippen LogP contribution >= 0.6 is 11.6 Å². The first-order valence-corrected chi connectivity index (χ1v) is 6.12. The molecule has 3 N–H and O–H groups in total. The van der Waals surface area contributed by atoms with E-state index in [0.29, 0.717) is 6.42 Å². The van der Waals surface area contributed by atoms with Crippen molar-refractivity contribution in [3.8, 4) is 0 Å². The summed E-state index contributed by atoms with van der Waals surface area (Å²) in [5.41, 5.74) is 6.83. The van der Waals surface area contributed by atoms with E-state index in [2.05, 4.69) is 15.3 Å². The van der Waals surface area contributed by atoms with Crippen molar-refractivity contribution in [1.29, 1.82) is 0 Å². The number of benzene rings is 1. The van der Waals surface area contributed by atoms with Crippen LogP contribution in [-0.2, 0) is 11.2 Å². The van der Waals surface area contributed by atoms with Gasteiger partial charge in [-0.15, -0.1) is 0 Å². The maximum atomic E-state index is 11.9. The lowest BCUT2D eigenvalue weighted by atomic mass is 10.1. The first-order valence-electron chi connectivity index (χ1n) is 5.74. The van der Waals surface area contributed by atoms with Crippen molar-refractivity contribution in [1.82, 2.24) is 9.97 Å². The Kier molecular flexibility index (Phi) is 4.43. The van der Waals surface area contributed by atoms with Crippen molar-refractivity contribution in [2.75, 3.05) is 5.32 Å². The molecule has 1 aromatic carbocycles. The number of nitrogens with two attached hydrogens (primary N) is 1. The number of amides is 1. The standard InChI is InChI=1S/C13H13ClN4O/c14-11-6-7-16-13(17-11)18-12(19)10(15)8-9-4-2-1-3-5-9/h1-7,10H,8,15H2,(H,16,17,18,19)/t10-/m1/s1. The first-order chi connectivity index (χ1) is 9.15. The Morgan fingerprint density at radius 3 is 2.74 bits per heavy atom. The number of rotatable bonds is 4. The molecule has 0 unspecified atom stereocenters. The molecule has 5 nitrogen and oxygen atoms in total. The Hall–Kier alpha value is -1.98. The average molecular weight is 277 g/mol. The third kappa shape index (κ3) is 4.01. The van der Waals surface area contributed by atoms with Crippen molar-refractivity contribution >= 4 is 23.5 Å². The minimum Gasteiger partial charge on any atom is -0.320 e. The molecular formula is C13H13ClN4O. The zero-order valence-corrected chi connectivity index (χ0v) is 10.8. The van der Waals surface area contributed by atoms with Crippen LogP contribution in [0.25, 0.3) is 0 Å². The predicted molar refractivity (Wildman–Crippen MR) is 73.8 cm³/mol. The van der Waals surface area contributed by atoms with Gasteiger partial charge in [0, 0.05) is 6.20 Å². The fourth-order valence-electron chi connectivity index (χ4n) is 1.56. The molecular weight excluding hydrogens is 264 g/mol. The largest absolute Gasteiger partial charge is 0.320 e. The average Bonchev–Trinajstić information content (AvgIpc) is 2.40. The van der Waals surface area contributed by atoms with Crippen LogP contribution in [0.4, 0.5) is 5.95 Å². The molecule has 2 rings (SSSR count). The zero-order chi connectivity index (χ0) is 13.7. The van der Waals surface area contributed by atoms with Crippen LogP contribution in [0.1, 0.15) is 5.56 Å². The summed E-state index contributed by atoms with van der Waals surface area (Å²) in [6, 6.07) is 10.4. The number of nitrogens with one attached hydrogen (secondary N) is 1.